The molecule has 2 aromatic rings. The van der Waals surface area contributed by atoms with Gasteiger partial charge in [0.2, 0.25) is 0 Å². The molecule has 7 heteroatoms. The third kappa shape index (κ3) is 5.02. The SMILES string of the molecule is COC(CNC(=O)c1ccc(CS(=O)c2ccccc2)o1)OC. The van der Waals surface area contributed by atoms with Crippen molar-refractivity contribution in [1.82, 2.24) is 5.32 Å². The lowest BCUT2D eigenvalue weighted by molar-refractivity contribution is -0.0975. The summed E-state index contributed by atoms with van der Waals surface area (Å²) in [6.07, 6.45) is -0.515. The molecule has 0 saturated heterocycles. The minimum absolute atomic E-state index is 0.163. The van der Waals surface area contributed by atoms with Gasteiger partial charge in [0.15, 0.2) is 12.1 Å². The molecule has 2 rings (SSSR count). The van der Waals surface area contributed by atoms with Crippen LogP contribution in [0, 0.1) is 0 Å². The molecule has 0 aliphatic rings. The van der Waals surface area contributed by atoms with Gasteiger partial charge in [-0.2, -0.15) is 0 Å². The predicted octanol–water partition coefficient (Wildman–Crippen LogP) is 1.94. The van der Waals surface area contributed by atoms with Crippen LogP contribution in [-0.2, 0) is 26.0 Å². The van der Waals surface area contributed by atoms with Crippen LogP contribution in [0.1, 0.15) is 16.3 Å². The van der Waals surface area contributed by atoms with E-state index in [4.69, 9.17) is 13.9 Å². The molecule has 0 radical (unpaired) electrons. The second-order valence-corrected chi connectivity index (χ2v) is 6.13. The summed E-state index contributed by atoms with van der Waals surface area (Å²) in [4.78, 5) is 12.7. The van der Waals surface area contributed by atoms with Crippen LogP contribution >= 0.6 is 0 Å². The van der Waals surface area contributed by atoms with E-state index in [1.807, 2.05) is 18.2 Å². The standard InChI is InChI=1S/C16H19NO5S/c1-20-15(21-2)10-17-16(18)14-9-8-12(22-14)11-23(19)13-6-4-3-5-7-13/h3-9,15H,10-11H2,1-2H3,(H,17,18). The average Bonchev–Trinajstić information content (AvgIpc) is 3.05. The smallest absolute Gasteiger partial charge is 0.287 e. The quantitative estimate of drug-likeness (QED) is 0.745. The second-order valence-electron chi connectivity index (χ2n) is 4.68. The van der Waals surface area contributed by atoms with E-state index >= 15 is 0 Å². The number of hydrogen-bond acceptors (Lipinski definition) is 5. The molecule has 1 heterocycles. The zero-order valence-corrected chi connectivity index (χ0v) is 13.8. The summed E-state index contributed by atoms with van der Waals surface area (Å²) in [6.45, 7) is 0.206. The maximum absolute atomic E-state index is 12.2. The van der Waals surface area contributed by atoms with Gasteiger partial charge >= 0.3 is 0 Å². The van der Waals surface area contributed by atoms with E-state index in [1.54, 1.807) is 24.3 Å². The van der Waals surface area contributed by atoms with Crippen molar-refractivity contribution in [2.24, 2.45) is 0 Å². The van der Waals surface area contributed by atoms with Gasteiger partial charge in [-0.1, -0.05) is 18.2 Å². The number of amides is 1. The molecule has 1 atom stereocenters. The van der Waals surface area contributed by atoms with Crippen LogP contribution in [0.2, 0.25) is 0 Å². The number of methoxy groups -OCH3 is 2. The number of ether oxygens (including phenoxy) is 2. The van der Waals surface area contributed by atoms with E-state index < -0.39 is 17.1 Å². The Morgan fingerprint density at radius 2 is 1.87 bits per heavy atom. The van der Waals surface area contributed by atoms with Crippen molar-refractivity contribution >= 4 is 16.7 Å². The number of nitrogens with one attached hydrogen (secondary N) is 1. The number of hydrogen-bond donors (Lipinski definition) is 1. The Hall–Kier alpha value is -1.96. The fourth-order valence-corrected chi connectivity index (χ4v) is 2.93. The number of rotatable bonds is 8. The molecule has 1 unspecified atom stereocenters. The highest BCUT2D eigenvalue weighted by Crippen LogP contribution is 2.15. The molecule has 1 aromatic carbocycles. The maximum Gasteiger partial charge on any atom is 0.287 e. The van der Waals surface area contributed by atoms with Crippen LogP contribution in [-0.4, -0.2) is 37.2 Å². The molecule has 0 aliphatic carbocycles. The van der Waals surface area contributed by atoms with Crippen LogP contribution in [0.3, 0.4) is 0 Å². The first-order chi connectivity index (χ1) is 11.1. The summed E-state index contributed by atoms with van der Waals surface area (Å²) in [7, 11) is 1.77. The maximum atomic E-state index is 12.2. The second kappa shape index (κ2) is 8.61. The van der Waals surface area contributed by atoms with Crippen molar-refractivity contribution in [3.05, 3.63) is 54.0 Å². The van der Waals surface area contributed by atoms with Gasteiger partial charge in [0.25, 0.3) is 5.91 Å². The van der Waals surface area contributed by atoms with Crippen LogP contribution < -0.4 is 5.32 Å². The Bertz CT molecular complexity index is 652. The summed E-state index contributed by atoms with van der Waals surface area (Å²) in [6, 6.07) is 12.3. The first kappa shape index (κ1) is 17.4. The monoisotopic (exact) mass is 337 g/mol. The number of benzene rings is 1. The van der Waals surface area contributed by atoms with E-state index in [2.05, 4.69) is 5.32 Å². The number of furan rings is 1. The van der Waals surface area contributed by atoms with Gasteiger partial charge in [-0.05, 0) is 24.3 Å². The molecule has 0 bridgehead atoms. The van der Waals surface area contributed by atoms with Crippen molar-refractivity contribution in [3.8, 4) is 0 Å². The number of carbonyl (C=O) groups excluding carboxylic acids is 1. The Morgan fingerprint density at radius 3 is 2.52 bits per heavy atom. The molecule has 6 nitrogen and oxygen atoms in total. The molecule has 23 heavy (non-hydrogen) atoms. The van der Waals surface area contributed by atoms with Crippen molar-refractivity contribution in [2.75, 3.05) is 20.8 Å². The Morgan fingerprint density at radius 1 is 1.17 bits per heavy atom. The molecule has 0 fully saturated rings. The normalized spacial score (nSPS) is 12.3. The third-order valence-corrected chi connectivity index (χ3v) is 4.46. The molecular weight excluding hydrogens is 318 g/mol. The zero-order chi connectivity index (χ0) is 16.7. The molecule has 1 aromatic heterocycles. The first-order valence-electron chi connectivity index (χ1n) is 7.00. The summed E-state index contributed by atoms with van der Waals surface area (Å²) >= 11 is 0. The summed E-state index contributed by atoms with van der Waals surface area (Å²) in [5, 5.41) is 2.64. The molecular formula is C16H19NO5S. The fraction of sp³-hybridized carbons (Fsp3) is 0.312. The lowest BCUT2D eigenvalue weighted by Gasteiger charge is -2.13. The molecule has 1 N–H and O–H groups in total. The Labute approximate surface area is 137 Å². The first-order valence-corrected chi connectivity index (χ1v) is 8.32. The summed E-state index contributed by atoms with van der Waals surface area (Å²) < 4.78 is 27.6. The molecule has 1 amide bonds. The van der Waals surface area contributed by atoms with Gasteiger partial charge in [-0.25, -0.2) is 0 Å². The van der Waals surface area contributed by atoms with E-state index in [9.17, 15) is 9.00 Å². The van der Waals surface area contributed by atoms with Crippen LogP contribution in [0.5, 0.6) is 0 Å². The van der Waals surface area contributed by atoms with E-state index in [-0.39, 0.29) is 24.0 Å². The van der Waals surface area contributed by atoms with Gasteiger partial charge in [-0.15, -0.1) is 0 Å². The topological polar surface area (TPSA) is 77.8 Å². The zero-order valence-electron chi connectivity index (χ0n) is 13.0. The van der Waals surface area contributed by atoms with Crippen LogP contribution in [0.15, 0.2) is 51.8 Å². The average molecular weight is 337 g/mol. The highest BCUT2D eigenvalue weighted by atomic mass is 32.2. The van der Waals surface area contributed by atoms with E-state index in [1.165, 1.54) is 14.2 Å². The fourth-order valence-electron chi connectivity index (χ4n) is 1.89. The van der Waals surface area contributed by atoms with Gasteiger partial charge in [-0.3, -0.25) is 9.00 Å². The molecule has 0 aliphatic heterocycles. The van der Waals surface area contributed by atoms with Crippen LogP contribution in [0.25, 0.3) is 0 Å². The highest BCUT2D eigenvalue weighted by Gasteiger charge is 2.15. The van der Waals surface area contributed by atoms with Gasteiger partial charge in [0.05, 0.1) is 23.1 Å². The lowest BCUT2D eigenvalue weighted by atomic mass is 10.4. The Kier molecular flexibility index (Phi) is 6.52. The van der Waals surface area contributed by atoms with E-state index in [0.29, 0.717) is 5.76 Å². The van der Waals surface area contributed by atoms with Gasteiger partial charge < -0.3 is 19.2 Å². The third-order valence-electron chi connectivity index (χ3n) is 3.12. The van der Waals surface area contributed by atoms with Gasteiger partial charge in [0.1, 0.15) is 5.76 Å². The van der Waals surface area contributed by atoms with Crippen molar-refractivity contribution in [2.45, 2.75) is 16.9 Å². The summed E-state index contributed by atoms with van der Waals surface area (Å²) in [5.74, 6) is 0.500. The molecule has 0 saturated carbocycles. The highest BCUT2D eigenvalue weighted by molar-refractivity contribution is 7.84. The minimum Gasteiger partial charge on any atom is -0.455 e. The van der Waals surface area contributed by atoms with Crippen molar-refractivity contribution < 1.29 is 22.9 Å². The van der Waals surface area contributed by atoms with Crippen molar-refractivity contribution in [1.29, 1.82) is 0 Å². The van der Waals surface area contributed by atoms with Crippen LogP contribution in [0.4, 0.5) is 0 Å². The molecule has 0 spiro atoms. The predicted molar refractivity (Wildman–Crippen MR) is 85.4 cm³/mol. The minimum atomic E-state index is -1.21. The number of carbonyl (C=O) groups is 1. The van der Waals surface area contributed by atoms with Gasteiger partial charge in [0, 0.05) is 19.1 Å². The summed E-state index contributed by atoms with van der Waals surface area (Å²) in [5.41, 5.74) is 0. The lowest BCUT2D eigenvalue weighted by Crippen LogP contribution is -2.33. The van der Waals surface area contributed by atoms with Crippen molar-refractivity contribution in [3.63, 3.8) is 0 Å². The Balaban J connectivity index is 1.92. The van der Waals surface area contributed by atoms with E-state index in [0.717, 1.165) is 4.90 Å². The molecule has 124 valence electrons. The largest absolute Gasteiger partial charge is 0.455 e.